The number of aromatic hydroxyl groups is 1. The van der Waals surface area contributed by atoms with Crippen LogP contribution in [0.2, 0.25) is 5.02 Å². The molecule has 2 aliphatic carbocycles. The van der Waals surface area contributed by atoms with Crippen LogP contribution in [-0.2, 0) is 14.3 Å². The van der Waals surface area contributed by atoms with Gasteiger partial charge in [0, 0.05) is 29.3 Å². The third kappa shape index (κ3) is 4.99. The highest BCUT2D eigenvalue weighted by Crippen LogP contribution is 2.48. The van der Waals surface area contributed by atoms with Crippen LogP contribution in [0, 0.1) is 0 Å². The van der Waals surface area contributed by atoms with Crippen LogP contribution in [0.3, 0.4) is 0 Å². The van der Waals surface area contributed by atoms with Crippen molar-refractivity contribution < 1.29 is 24.2 Å². The van der Waals surface area contributed by atoms with Crippen LogP contribution in [0.1, 0.15) is 75.3 Å². The molecule has 1 saturated carbocycles. The first kappa shape index (κ1) is 25.4. The van der Waals surface area contributed by atoms with Gasteiger partial charge in [-0.15, -0.1) is 0 Å². The number of allylic oxidation sites excluding steroid dienone is 3. The summed E-state index contributed by atoms with van der Waals surface area (Å²) in [6.45, 7) is 3.99. The Bertz CT molecular complexity index is 1280. The molecule has 3 aliphatic rings. The smallest absolute Gasteiger partial charge is 0.337 e. The Morgan fingerprint density at radius 2 is 1.84 bits per heavy atom. The topological polar surface area (TPSA) is 84.9 Å². The van der Waals surface area contributed by atoms with Gasteiger partial charge in [0.15, 0.2) is 17.3 Å². The SMILES string of the molecule is CCOc1cc([C@H]2C(C(=O)OC3CCCC3)=C(C)NC3=C2C(=O)C[C@@H](c2ccccc2)C3)cc(Cl)c1O. The minimum atomic E-state index is -0.674. The second kappa shape index (κ2) is 10.6. The molecule has 2 atom stereocenters. The summed E-state index contributed by atoms with van der Waals surface area (Å²) in [7, 11) is 0. The monoisotopic (exact) mass is 521 g/mol. The highest BCUT2D eigenvalue weighted by molar-refractivity contribution is 6.32. The summed E-state index contributed by atoms with van der Waals surface area (Å²) in [6, 6.07) is 13.3. The largest absolute Gasteiger partial charge is 0.503 e. The molecular formula is C30H32ClNO5. The van der Waals surface area contributed by atoms with Gasteiger partial charge in [0.05, 0.1) is 17.2 Å². The quantitative estimate of drug-likeness (QED) is 0.434. The molecule has 1 aliphatic heterocycles. The highest BCUT2D eigenvalue weighted by atomic mass is 35.5. The zero-order valence-electron chi connectivity index (χ0n) is 21.2. The number of hydrogen-bond donors (Lipinski definition) is 2. The molecule has 2 aromatic rings. The fourth-order valence-electron chi connectivity index (χ4n) is 5.85. The molecule has 0 spiro atoms. The van der Waals surface area contributed by atoms with Crippen LogP contribution in [0.15, 0.2) is 65.0 Å². The van der Waals surface area contributed by atoms with Crippen molar-refractivity contribution >= 4 is 23.4 Å². The van der Waals surface area contributed by atoms with Crippen LogP contribution in [0.25, 0.3) is 0 Å². The minimum Gasteiger partial charge on any atom is -0.503 e. The third-order valence-corrected chi connectivity index (χ3v) is 7.87. The van der Waals surface area contributed by atoms with E-state index in [4.69, 9.17) is 21.1 Å². The normalized spacial score (nSPS) is 22.1. The maximum absolute atomic E-state index is 13.8. The van der Waals surface area contributed by atoms with Gasteiger partial charge in [-0.1, -0.05) is 41.9 Å². The number of phenols is 1. The molecule has 194 valence electrons. The Hall–Kier alpha value is -3.25. The van der Waals surface area contributed by atoms with Gasteiger partial charge in [-0.25, -0.2) is 4.79 Å². The second-order valence-electron chi connectivity index (χ2n) is 10.0. The number of carbonyl (C=O) groups is 2. The fourth-order valence-corrected chi connectivity index (χ4v) is 6.07. The van der Waals surface area contributed by atoms with E-state index in [-0.39, 0.29) is 34.3 Å². The molecular weight excluding hydrogens is 490 g/mol. The first-order valence-electron chi connectivity index (χ1n) is 13.0. The highest BCUT2D eigenvalue weighted by Gasteiger charge is 2.42. The summed E-state index contributed by atoms with van der Waals surface area (Å²) in [5, 5.41) is 14.0. The van der Waals surface area contributed by atoms with Gasteiger partial charge in [-0.3, -0.25) is 4.79 Å². The number of rotatable bonds is 6. The van der Waals surface area contributed by atoms with E-state index >= 15 is 0 Å². The zero-order chi connectivity index (χ0) is 26.1. The van der Waals surface area contributed by atoms with Gasteiger partial charge in [-0.2, -0.15) is 0 Å². The van der Waals surface area contributed by atoms with Crippen LogP contribution >= 0.6 is 11.6 Å². The van der Waals surface area contributed by atoms with E-state index in [0.717, 1.165) is 36.9 Å². The molecule has 0 amide bonds. The van der Waals surface area contributed by atoms with Crippen LogP contribution < -0.4 is 10.1 Å². The lowest BCUT2D eigenvalue weighted by Crippen LogP contribution is -2.36. The van der Waals surface area contributed by atoms with Crippen molar-refractivity contribution in [2.24, 2.45) is 0 Å². The number of ether oxygens (including phenoxy) is 2. The Labute approximate surface area is 222 Å². The molecule has 6 nitrogen and oxygen atoms in total. The van der Waals surface area contributed by atoms with Gasteiger partial charge < -0.3 is 19.9 Å². The molecule has 0 unspecified atom stereocenters. The van der Waals surface area contributed by atoms with Crippen LogP contribution in [0.4, 0.5) is 0 Å². The number of nitrogens with one attached hydrogen (secondary N) is 1. The van der Waals surface area contributed by atoms with E-state index in [1.165, 1.54) is 0 Å². The van der Waals surface area contributed by atoms with Gasteiger partial charge in [0.25, 0.3) is 0 Å². The zero-order valence-corrected chi connectivity index (χ0v) is 21.9. The maximum atomic E-state index is 13.8. The molecule has 0 bridgehead atoms. The summed E-state index contributed by atoms with van der Waals surface area (Å²) in [5.41, 5.74) is 4.16. The van der Waals surface area contributed by atoms with Crippen molar-refractivity contribution in [1.82, 2.24) is 5.32 Å². The number of ketones is 1. The Morgan fingerprint density at radius 3 is 2.54 bits per heavy atom. The molecule has 0 radical (unpaired) electrons. The molecule has 0 aromatic heterocycles. The van der Waals surface area contributed by atoms with E-state index in [1.807, 2.05) is 44.2 Å². The number of carbonyl (C=O) groups excluding carboxylic acids is 2. The van der Waals surface area contributed by atoms with Crippen molar-refractivity contribution in [3.63, 3.8) is 0 Å². The standard InChI is InChI=1S/C30H32ClNO5/c1-3-36-25-16-20(13-22(31)29(25)34)27-26(30(35)37-21-11-7-8-12-21)17(2)32-23-14-19(15-24(33)28(23)27)18-9-5-4-6-10-18/h4-6,9-10,13,16,19,21,27,32,34H,3,7-8,11-12,14-15H2,1-2H3/t19-,27-/m0/s1. The predicted octanol–water partition coefficient (Wildman–Crippen LogP) is 6.29. The molecule has 1 heterocycles. The van der Waals surface area contributed by atoms with Gasteiger partial charge >= 0.3 is 5.97 Å². The average molecular weight is 522 g/mol. The van der Waals surface area contributed by atoms with Crippen molar-refractivity contribution in [3.8, 4) is 11.5 Å². The number of Topliss-reactive ketones (excluding diaryl/α,β-unsaturated/α-hetero) is 1. The fraction of sp³-hybridized carbons (Fsp3) is 0.400. The van der Waals surface area contributed by atoms with Crippen molar-refractivity contribution in [2.75, 3.05) is 6.61 Å². The lowest BCUT2D eigenvalue weighted by atomic mass is 9.71. The number of halogens is 1. The van der Waals surface area contributed by atoms with E-state index in [1.54, 1.807) is 12.1 Å². The Balaban J connectivity index is 1.60. The summed E-state index contributed by atoms with van der Waals surface area (Å²) in [5.74, 6) is -1.01. The summed E-state index contributed by atoms with van der Waals surface area (Å²) < 4.78 is 11.6. The van der Waals surface area contributed by atoms with Gasteiger partial charge in [0.2, 0.25) is 0 Å². The van der Waals surface area contributed by atoms with E-state index in [9.17, 15) is 14.7 Å². The minimum absolute atomic E-state index is 0.0200. The lowest BCUT2D eigenvalue weighted by molar-refractivity contribution is -0.144. The molecule has 7 heteroatoms. The Kier molecular flexibility index (Phi) is 7.29. The van der Waals surface area contributed by atoms with Crippen molar-refractivity contribution in [1.29, 1.82) is 0 Å². The van der Waals surface area contributed by atoms with Crippen molar-refractivity contribution in [2.45, 2.75) is 70.3 Å². The second-order valence-corrected chi connectivity index (χ2v) is 10.4. The van der Waals surface area contributed by atoms with E-state index in [0.29, 0.717) is 41.9 Å². The number of esters is 1. The van der Waals surface area contributed by atoms with E-state index in [2.05, 4.69) is 5.32 Å². The first-order chi connectivity index (χ1) is 17.9. The molecule has 2 N–H and O–H groups in total. The maximum Gasteiger partial charge on any atom is 0.337 e. The Morgan fingerprint density at radius 1 is 1.11 bits per heavy atom. The summed E-state index contributed by atoms with van der Waals surface area (Å²) in [6.07, 6.45) is 4.65. The first-order valence-corrected chi connectivity index (χ1v) is 13.4. The molecule has 2 aromatic carbocycles. The molecule has 5 rings (SSSR count). The number of dihydropyridines is 1. The number of phenolic OH excluding ortho intramolecular Hbond substituents is 1. The van der Waals surface area contributed by atoms with Gasteiger partial charge in [-0.05, 0) is 75.1 Å². The summed E-state index contributed by atoms with van der Waals surface area (Å²) in [4.78, 5) is 27.4. The van der Waals surface area contributed by atoms with Crippen molar-refractivity contribution in [3.05, 3.63) is 81.2 Å². The molecule has 0 saturated heterocycles. The lowest BCUT2D eigenvalue weighted by Gasteiger charge is -2.37. The predicted molar refractivity (Wildman–Crippen MR) is 142 cm³/mol. The van der Waals surface area contributed by atoms with Gasteiger partial charge in [0.1, 0.15) is 6.10 Å². The molecule has 1 fully saturated rings. The average Bonchev–Trinajstić information content (AvgIpc) is 3.39. The number of benzene rings is 2. The summed E-state index contributed by atoms with van der Waals surface area (Å²) >= 11 is 6.41. The van der Waals surface area contributed by atoms with E-state index < -0.39 is 11.9 Å². The number of hydrogen-bond acceptors (Lipinski definition) is 6. The van der Waals surface area contributed by atoms with Crippen LogP contribution in [0.5, 0.6) is 11.5 Å². The van der Waals surface area contributed by atoms with Crippen LogP contribution in [-0.4, -0.2) is 29.6 Å². The third-order valence-electron chi connectivity index (χ3n) is 7.58. The molecule has 37 heavy (non-hydrogen) atoms.